The molecule has 3 aromatic rings. The first-order chi connectivity index (χ1) is 13.0. The van der Waals surface area contributed by atoms with Crippen molar-refractivity contribution in [2.24, 2.45) is 0 Å². The smallest absolute Gasteiger partial charge is 0.338 e. The number of esters is 1. The van der Waals surface area contributed by atoms with Gasteiger partial charge in [0.1, 0.15) is 11.3 Å². The Labute approximate surface area is 162 Å². The molecule has 0 aliphatic rings. The summed E-state index contributed by atoms with van der Waals surface area (Å²) in [6.45, 7) is 4.22. The van der Waals surface area contributed by atoms with Crippen LogP contribution in [0.1, 0.15) is 46.8 Å². The number of carbonyl (C=O) groups is 2. The largest absolute Gasteiger partial charge is 0.462 e. The van der Waals surface area contributed by atoms with E-state index in [0.717, 1.165) is 6.42 Å². The van der Waals surface area contributed by atoms with Gasteiger partial charge in [-0.3, -0.25) is 9.20 Å². The molecule has 0 saturated carbocycles. The van der Waals surface area contributed by atoms with Gasteiger partial charge in [-0.2, -0.15) is 0 Å². The molecular formula is C20H20ClN3O3. The van der Waals surface area contributed by atoms with Crippen molar-refractivity contribution in [1.29, 1.82) is 0 Å². The summed E-state index contributed by atoms with van der Waals surface area (Å²) in [7, 11) is 0. The summed E-state index contributed by atoms with van der Waals surface area (Å²) in [5.41, 5.74) is 2.64. The van der Waals surface area contributed by atoms with Crippen molar-refractivity contribution in [2.45, 2.75) is 26.7 Å². The predicted molar refractivity (Wildman–Crippen MR) is 105 cm³/mol. The first kappa shape index (κ1) is 18.9. The van der Waals surface area contributed by atoms with Gasteiger partial charge in [-0.15, -0.1) is 0 Å². The van der Waals surface area contributed by atoms with Gasteiger partial charge in [0, 0.05) is 23.0 Å². The summed E-state index contributed by atoms with van der Waals surface area (Å²) in [6.07, 6.45) is 3.07. The quantitative estimate of drug-likeness (QED) is 0.639. The fourth-order valence-electron chi connectivity index (χ4n) is 2.75. The second-order valence-electron chi connectivity index (χ2n) is 6.00. The molecule has 0 atom stereocenters. The molecule has 6 nitrogen and oxygen atoms in total. The number of ether oxygens (including phenoxy) is 1. The Balaban J connectivity index is 1.88. The molecule has 0 spiro atoms. The van der Waals surface area contributed by atoms with Crippen LogP contribution in [0.5, 0.6) is 0 Å². The Kier molecular flexibility index (Phi) is 5.76. The van der Waals surface area contributed by atoms with Crippen LogP contribution in [0.25, 0.3) is 5.65 Å². The standard InChI is InChI=1S/C20H20ClN3O3/c1-3-10-27-20(26)13-6-5-7-15(11-13)22-19(25)18-16(4-2)23-17-12-14(21)8-9-24(17)18/h5-9,11-12H,3-4,10H2,1-2H3,(H,22,25). The summed E-state index contributed by atoms with van der Waals surface area (Å²) in [5.74, 6) is -0.715. The van der Waals surface area contributed by atoms with Crippen LogP contribution in [-0.4, -0.2) is 27.9 Å². The van der Waals surface area contributed by atoms with E-state index in [1.54, 1.807) is 47.0 Å². The minimum Gasteiger partial charge on any atom is -0.462 e. The topological polar surface area (TPSA) is 72.7 Å². The monoisotopic (exact) mass is 385 g/mol. The Morgan fingerprint density at radius 1 is 1.22 bits per heavy atom. The van der Waals surface area contributed by atoms with E-state index in [-0.39, 0.29) is 5.91 Å². The third kappa shape index (κ3) is 4.11. The number of halogens is 1. The highest BCUT2D eigenvalue weighted by Crippen LogP contribution is 2.20. The summed E-state index contributed by atoms with van der Waals surface area (Å²) in [6, 6.07) is 10.1. The zero-order chi connectivity index (χ0) is 19.4. The Morgan fingerprint density at radius 2 is 2.04 bits per heavy atom. The second-order valence-corrected chi connectivity index (χ2v) is 6.44. The molecule has 1 aromatic carbocycles. The number of fused-ring (bicyclic) bond motifs is 1. The minimum atomic E-state index is -0.411. The Bertz CT molecular complexity index is 997. The minimum absolute atomic E-state index is 0.305. The third-order valence-electron chi connectivity index (χ3n) is 4.00. The van der Waals surface area contributed by atoms with E-state index in [1.807, 2.05) is 13.8 Å². The summed E-state index contributed by atoms with van der Waals surface area (Å²) in [5, 5.41) is 3.39. The maximum absolute atomic E-state index is 12.9. The van der Waals surface area contributed by atoms with Gasteiger partial charge in [-0.25, -0.2) is 9.78 Å². The number of anilines is 1. The van der Waals surface area contributed by atoms with E-state index in [0.29, 0.717) is 46.3 Å². The van der Waals surface area contributed by atoms with E-state index in [4.69, 9.17) is 16.3 Å². The molecule has 140 valence electrons. The summed E-state index contributed by atoms with van der Waals surface area (Å²) >= 11 is 6.02. The highest BCUT2D eigenvalue weighted by molar-refractivity contribution is 6.30. The number of imidazole rings is 1. The molecule has 0 unspecified atom stereocenters. The van der Waals surface area contributed by atoms with Crippen molar-refractivity contribution >= 4 is 34.8 Å². The fourth-order valence-corrected chi connectivity index (χ4v) is 2.90. The molecule has 3 rings (SSSR count). The molecule has 0 aliphatic heterocycles. The van der Waals surface area contributed by atoms with E-state index in [9.17, 15) is 9.59 Å². The molecule has 1 N–H and O–H groups in total. The lowest BCUT2D eigenvalue weighted by Gasteiger charge is -2.09. The number of aromatic nitrogens is 2. The van der Waals surface area contributed by atoms with Gasteiger partial charge in [0.25, 0.3) is 5.91 Å². The first-order valence-corrected chi connectivity index (χ1v) is 9.16. The van der Waals surface area contributed by atoms with Gasteiger partial charge in [-0.05, 0) is 37.1 Å². The molecule has 2 aromatic heterocycles. The SMILES string of the molecule is CCCOC(=O)c1cccc(NC(=O)c2c(CC)nc3cc(Cl)ccn23)c1. The van der Waals surface area contributed by atoms with Crippen LogP contribution >= 0.6 is 11.6 Å². The van der Waals surface area contributed by atoms with Crippen LogP contribution in [0.15, 0.2) is 42.6 Å². The number of benzene rings is 1. The van der Waals surface area contributed by atoms with Gasteiger partial charge in [0.05, 0.1) is 17.9 Å². The van der Waals surface area contributed by atoms with E-state index >= 15 is 0 Å². The average molecular weight is 386 g/mol. The van der Waals surface area contributed by atoms with E-state index in [2.05, 4.69) is 10.3 Å². The highest BCUT2D eigenvalue weighted by atomic mass is 35.5. The van der Waals surface area contributed by atoms with Crippen LogP contribution < -0.4 is 5.32 Å². The number of hydrogen-bond donors (Lipinski definition) is 1. The van der Waals surface area contributed by atoms with Crippen LogP contribution in [-0.2, 0) is 11.2 Å². The van der Waals surface area contributed by atoms with Crippen molar-refractivity contribution in [3.63, 3.8) is 0 Å². The fraction of sp³-hybridized carbons (Fsp3) is 0.250. The molecule has 0 fully saturated rings. The van der Waals surface area contributed by atoms with Crippen molar-refractivity contribution in [3.05, 3.63) is 64.6 Å². The predicted octanol–water partition coefficient (Wildman–Crippen LogP) is 4.37. The summed E-state index contributed by atoms with van der Waals surface area (Å²) < 4.78 is 6.84. The normalized spacial score (nSPS) is 10.8. The van der Waals surface area contributed by atoms with E-state index < -0.39 is 5.97 Å². The number of nitrogens with one attached hydrogen (secondary N) is 1. The molecule has 7 heteroatoms. The highest BCUT2D eigenvalue weighted by Gasteiger charge is 2.19. The molecule has 27 heavy (non-hydrogen) atoms. The van der Waals surface area contributed by atoms with Crippen LogP contribution in [0.2, 0.25) is 5.02 Å². The van der Waals surface area contributed by atoms with Crippen LogP contribution in [0.3, 0.4) is 0 Å². The van der Waals surface area contributed by atoms with Gasteiger partial charge in [0.2, 0.25) is 0 Å². The maximum Gasteiger partial charge on any atom is 0.338 e. The molecule has 2 heterocycles. The Morgan fingerprint density at radius 3 is 2.78 bits per heavy atom. The average Bonchev–Trinajstić information content (AvgIpc) is 3.03. The zero-order valence-electron chi connectivity index (χ0n) is 15.2. The number of hydrogen-bond acceptors (Lipinski definition) is 4. The second kappa shape index (κ2) is 8.22. The van der Waals surface area contributed by atoms with Gasteiger partial charge >= 0.3 is 5.97 Å². The molecule has 0 aliphatic carbocycles. The molecular weight excluding hydrogens is 366 g/mol. The third-order valence-corrected chi connectivity index (χ3v) is 4.24. The first-order valence-electron chi connectivity index (χ1n) is 8.78. The number of pyridine rings is 1. The molecule has 0 radical (unpaired) electrons. The van der Waals surface area contributed by atoms with Gasteiger partial charge in [-0.1, -0.05) is 31.5 Å². The number of aryl methyl sites for hydroxylation is 1. The zero-order valence-corrected chi connectivity index (χ0v) is 15.9. The lowest BCUT2D eigenvalue weighted by atomic mass is 10.2. The van der Waals surface area contributed by atoms with Crippen LogP contribution in [0, 0.1) is 0 Å². The summed E-state index contributed by atoms with van der Waals surface area (Å²) in [4.78, 5) is 29.4. The van der Waals surface area contributed by atoms with Crippen LogP contribution in [0.4, 0.5) is 5.69 Å². The maximum atomic E-state index is 12.9. The van der Waals surface area contributed by atoms with Crippen molar-refractivity contribution in [3.8, 4) is 0 Å². The molecule has 1 amide bonds. The molecule has 0 saturated heterocycles. The van der Waals surface area contributed by atoms with Gasteiger partial charge in [0.15, 0.2) is 0 Å². The lowest BCUT2D eigenvalue weighted by molar-refractivity contribution is 0.0505. The van der Waals surface area contributed by atoms with Crippen molar-refractivity contribution < 1.29 is 14.3 Å². The van der Waals surface area contributed by atoms with Gasteiger partial charge < -0.3 is 10.1 Å². The Hall–Kier alpha value is -2.86. The molecule has 0 bridgehead atoms. The number of amides is 1. The van der Waals surface area contributed by atoms with E-state index in [1.165, 1.54) is 0 Å². The number of rotatable bonds is 6. The number of carbonyl (C=O) groups excluding carboxylic acids is 2. The van der Waals surface area contributed by atoms with Crippen molar-refractivity contribution in [2.75, 3.05) is 11.9 Å². The number of nitrogens with zero attached hydrogens (tertiary/aromatic N) is 2. The van der Waals surface area contributed by atoms with Crippen molar-refractivity contribution in [1.82, 2.24) is 9.38 Å². The lowest BCUT2D eigenvalue weighted by Crippen LogP contribution is -2.16.